The topological polar surface area (TPSA) is 72.8 Å². The van der Waals surface area contributed by atoms with E-state index in [4.69, 9.17) is 9.47 Å². The van der Waals surface area contributed by atoms with E-state index in [0.29, 0.717) is 5.57 Å². The number of ether oxygens (including phenoxy) is 2. The summed E-state index contributed by atoms with van der Waals surface area (Å²) in [5.41, 5.74) is 3.28. The molecule has 0 unspecified atom stereocenters. The molecule has 1 N–H and O–H groups in total. The Morgan fingerprint density at radius 2 is 1.93 bits per heavy atom. The first kappa shape index (κ1) is 18.0. The first-order chi connectivity index (χ1) is 12.8. The van der Waals surface area contributed by atoms with Gasteiger partial charge in [0.1, 0.15) is 18.0 Å². The number of carbonyl (C=O) groups excluding carboxylic acids is 2. The predicted octanol–water partition coefficient (Wildman–Crippen LogP) is 3.36. The predicted molar refractivity (Wildman–Crippen MR) is 100 cm³/mol. The number of aliphatic hydroxyl groups excluding tert-OH is 1. The molecule has 1 saturated heterocycles. The summed E-state index contributed by atoms with van der Waals surface area (Å²) in [6.07, 6.45) is 3.56. The number of aliphatic hydroxyl groups is 1. The van der Waals surface area contributed by atoms with Crippen molar-refractivity contribution in [1.82, 2.24) is 0 Å². The van der Waals surface area contributed by atoms with E-state index in [1.807, 2.05) is 45.1 Å². The minimum Gasteiger partial charge on any atom is -0.511 e. The number of carbonyl (C=O) groups is 2. The quantitative estimate of drug-likeness (QED) is 0.652. The first-order valence-electron chi connectivity index (χ1n) is 9.37. The van der Waals surface area contributed by atoms with Crippen molar-refractivity contribution in [3.05, 3.63) is 52.3 Å². The lowest BCUT2D eigenvalue weighted by molar-refractivity contribution is -0.150. The lowest BCUT2D eigenvalue weighted by Crippen LogP contribution is -2.41. The van der Waals surface area contributed by atoms with Crippen LogP contribution in [0, 0.1) is 32.6 Å². The summed E-state index contributed by atoms with van der Waals surface area (Å²) in [7, 11) is 0. The Morgan fingerprint density at radius 3 is 2.56 bits per heavy atom. The van der Waals surface area contributed by atoms with Gasteiger partial charge in [0.05, 0.1) is 23.5 Å². The monoisotopic (exact) mass is 368 g/mol. The van der Waals surface area contributed by atoms with Gasteiger partial charge in [0, 0.05) is 6.42 Å². The van der Waals surface area contributed by atoms with Crippen LogP contribution in [0.4, 0.5) is 0 Å². The standard InChI is InChI=1S/C22H24O5/c1-5-15(23)26-10-22-7-6-14(27-22)17-19(22)21(25)18(20(17)24)16-12(3)8-11(2)9-13(16)4/h6-9,14,17,19,25H,5,10H2,1-4H3/t14-,17-,19+,22-/m0/s1. The molecule has 1 aliphatic carbocycles. The third-order valence-electron chi connectivity index (χ3n) is 5.94. The zero-order valence-electron chi connectivity index (χ0n) is 16.0. The number of aryl methyl sites for hydroxylation is 3. The maximum absolute atomic E-state index is 13.3. The van der Waals surface area contributed by atoms with Gasteiger partial charge in [0.2, 0.25) is 0 Å². The first-order valence-corrected chi connectivity index (χ1v) is 9.37. The number of allylic oxidation sites excluding steroid dienone is 1. The largest absolute Gasteiger partial charge is 0.511 e. The van der Waals surface area contributed by atoms with Crippen LogP contribution in [-0.2, 0) is 19.1 Å². The zero-order chi connectivity index (χ0) is 19.5. The molecule has 5 nitrogen and oxygen atoms in total. The number of ketones is 1. The van der Waals surface area contributed by atoms with E-state index in [-0.39, 0.29) is 30.5 Å². The van der Waals surface area contributed by atoms with Gasteiger partial charge in [0.25, 0.3) is 0 Å². The highest BCUT2D eigenvalue weighted by atomic mass is 16.6. The summed E-state index contributed by atoms with van der Waals surface area (Å²) in [6.45, 7) is 7.66. The SMILES string of the molecule is CCC(=O)OC[C@]12C=C[C@H](O1)[C@@H]1C(=O)C(c3c(C)cc(C)cc3C)=C(O)[C@@H]12. The van der Waals surface area contributed by atoms with Crippen molar-refractivity contribution < 1.29 is 24.2 Å². The van der Waals surface area contributed by atoms with Crippen molar-refractivity contribution in [3.63, 3.8) is 0 Å². The Kier molecular flexibility index (Phi) is 4.04. The smallest absolute Gasteiger partial charge is 0.305 e. The number of benzene rings is 1. The fourth-order valence-corrected chi connectivity index (χ4v) is 4.90. The van der Waals surface area contributed by atoms with Crippen LogP contribution < -0.4 is 0 Å². The second-order valence-electron chi connectivity index (χ2n) is 7.81. The van der Waals surface area contributed by atoms with Gasteiger partial charge in [-0.2, -0.15) is 0 Å². The summed E-state index contributed by atoms with van der Waals surface area (Å²) >= 11 is 0. The van der Waals surface area contributed by atoms with Crippen molar-refractivity contribution in [2.45, 2.75) is 45.8 Å². The Balaban J connectivity index is 1.78. The molecule has 2 bridgehead atoms. The molecule has 0 radical (unpaired) electrons. The number of esters is 1. The Bertz CT molecular complexity index is 886. The molecule has 0 spiro atoms. The van der Waals surface area contributed by atoms with Crippen LogP contribution in [0.1, 0.15) is 35.6 Å². The molecule has 27 heavy (non-hydrogen) atoms. The molecule has 0 aromatic heterocycles. The molecule has 0 saturated carbocycles. The van der Waals surface area contributed by atoms with Crippen molar-refractivity contribution in [2.75, 3.05) is 6.61 Å². The maximum atomic E-state index is 13.3. The molecule has 2 heterocycles. The van der Waals surface area contributed by atoms with Crippen molar-refractivity contribution in [2.24, 2.45) is 11.8 Å². The third kappa shape index (κ3) is 2.48. The van der Waals surface area contributed by atoms with Crippen LogP contribution in [0.3, 0.4) is 0 Å². The normalized spacial score (nSPS) is 31.0. The summed E-state index contributed by atoms with van der Waals surface area (Å²) < 4.78 is 11.4. The van der Waals surface area contributed by atoms with Gasteiger partial charge < -0.3 is 14.6 Å². The molecule has 4 atom stereocenters. The van der Waals surface area contributed by atoms with Gasteiger partial charge in [-0.05, 0) is 37.5 Å². The molecule has 2 aliphatic heterocycles. The van der Waals surface area contributed by atoms with Crippen LogP contribution >= 0.6 is 0 Å². The fourth-order valence-electron chi connectivity index (χ4n) is 4.90. The average molecular weight is 368 g/mol. The van der Waals surface area contributed by atoms with Crippen molar-refractivity contribution in [1.29, 1.82) is 0 Å². The molecule has 1 fully saturated rings. The molecule has 3 aliphatic rings. The summed E-state index contributed by atoms with van der Waals surface area (Å²) in [6, 6.07) is 4.04. The fraction of sp³-hybridized carbons (Fsp3) is 0.455. The van der Waals surface area contributed by atoms with Gasteiger partial charge in [-0.25, -0.2) is 0 Å². The van der Waals surface area contributed by atoms with E-state index in [0.717, 1.165) is 22.3 Å². The van der Waals surface area contributed by atoms with Gasteiger partial charge in [-0.15, -0.1) is 0 Å². The summed E-state index contributed by atoms with van der Waals surface area (Å²) in [5.74, 6) is -1.35. The van der Waals surface area contributed by atoms with E-state index in [2.05, 4.69) is 0 Å². The van der Waals surface area contributed by atoms with Gasteiger partial charge in [0.15, 0.2) is 5.78 Å². The molecular weight excluding hydrogens is 344 g/mol. The van der Waals surface area contributed by atoms with E-state index >= 15 is 0 Å². The highest BCUT2D eigenvalue weighted by molar-refractivity contribution is 6.26. The molecule has 142 valence electrons. The van der Waals surface area contributed by atoms with E-state index < -0.39 is 23.5 Å². The van der Waals surface area contributed by atoms with Crippen LogP contribution in [0.5, 0.6) is 0 Å². The minimum absolute atomic E-state index is 0.00429. The second-order valence-corrected chi connectivity index (χ2v) is 7.81. The maximum Gasteiger partial charge on any atom is 0.305 e. The van der Waals surface area contributed by atoms with Gasteiger partial charge in [-0.1, -0.05) is 36.8 Å². The van der Waals surface area contributed by atoms with Crippen LogP contribution in [0.2, 0.25) is 0 Å². The Labute approximate surface area is 158 Å². The minimum atomic E-state index is -0.964. The Hall–Kier alpha value is -2.40. The summed E-state index contributed by atoms with van der Waals surface area (Å²) in [4.78, 5) is 24.9. The number of fused-ring (bicyclic) bond motifs is 5. The van der Waals surface area contributed by atoms with Crippen LogP contribution in [-0.4, -0.2) is 35.2 Å². The zero-order valence-corrected chi connectivity index (χ0v) is 16.0. The molecule has 0 amide bonds. The lowest BCUT2D eigenvalue weighted by atomic mass is 9.77. The van der Waals surface area contributed by atoms with E-state index in [1.165, 1.54) is 0 Å². The van der Waals surface area contributed by atoms with E-state index in [1.54, 1.807) is 6.92 Å². The lowest BCUT2D eigenvalue weighted by Gasteiger charge is -2.29. The molecule has 1 aromatic rings. The van der Waals surface area contributed by atoms with Crippen LogP contribution in [0.15, 0.2) is 30.0 Å². The Morgan fingerprint density at radius 1 is 1.26 bits per heavy atom. The van der Waals surface area contributed by atoms with Crippen molar-refractivity contribution in [3.8, 4) is 0 Å². The number of hydrogen-bond acceptors (Lipinski definition) is 5. The second kappa shape index (κ2) is 6.06. The highest BCUT2D eigenvalue weighted by Gasteiger charge is 2.65. The average Bonchev–Trinajstić information content (AvgIpc) is 3.25. The molecule has 5 heteroatoms. The van der Waals surface area contributed by atoms with E-state index in [9.17, 15) is 14.7 Å². The van der Waals surface area contributed by atoms with Crippen molar-refractivity contribution >= 4 is 17.3 Å². The summed E-state index contributed by atoms with van der Waals surface area (Å²) in [5, 5.41) is 11.1. The van der Waals surface area contributed by atoms with Gasteiger partial charge in [-0.3, -0.25) is 9.59 Å². The van der Waals surface area contributed by atoms with Gasteiger partial charge >= 0.3 is 5.97 Å². The third-order valence-corrected chi connectivity index (χ3v) is 5.94. The molecular formula is C22H24O5. The number of rotatable bonds is 4. The van der Waals surface area contributed by atoms with Crippen LogP contribution in [0.25, 0.3) is 5.57 Å². The number of Topliss-reactive ketones (excluding diaryl/α,β-unsaturated/α-hetero) is 1. The molecule has 4 rings (SSSR count). The highest BCUT2D eigenvalue weighted by Crippen LogP contribution is 2.56. The number of hydrogen-bond donors (Lipinski definition) is 1. The molecule has 1 aromatic carbocycles.